The van der Waals surface area contributed by atoms with Crippen LogP contribution in [0.2, 0.25) is 0 Å². The monoisotopic (exact) mass is 279 g/mol. The van der Waals surface area contributed by atoms with Crippen molar-refractivity contribution in [2.45, 2.75) is 33.3 Å². The second-order valence-electron chi connectivity index (χ2n) is 5.12. The fourth-order valence-electron chi connectivity index (χ4n) is 1.34. The number of amides is 1. The quantitative estimate of drug-likeness (QED) is 0.523. The standard InChI is InChI=1S/C13H17N3O4/c1-9(14-15-12(17)20-13(2,3)4)10-6-5-7-11(8-10)16(18)19/h5-8H,1-4H3,(H,15,17)/b14-9-. The molecule has 0 bridgehead atoms. The molecule has 7 heteroatoms. The zero-order valence-corrected chi connectivity index (χ0v) is 11.8. The summed E-state index contributed by atoms with van der Waals surface area (Å²) in [6.07, 6.45) is -0.678. The summed E-state index contributed by atoms with van der Waals surface area (Å²) in [6.45, 7) is 6.85. The molecular weight excluding hydrogens is 262 g/mol. The van der Waals surface area contributed by atoms with Gasteiger partial charge in [0.05, 0.1) is 10.6 Å². The van der Waals surface area contributed by atoms with Crippen LogP contribution < -0.4 is 5.43 Å². The van der Waals surface area contributed by atoms with E-state index in [0.717, 1.165) is 0 Å². The van der Waals surface area contributed by atoms with Gasteiger partial charge >= 0.3 is 6.09 Å². The van der Waals surface area contributed by atoms with Crippen LogP contribution in [0.1, 0.15) is 33.3 Å². The Hall–Kier alpha value is -2.44. The van der Waals surface area contributed by atoms with Crippen LogP contribution in [0.5, 0.6) is 0 Å². The SMILES string of the molecule is C/C(=N/NC(=O)OC(C)(C)C)c1cccc([N+](=O)[O-])c1. The Morgan fingerprint density at radius 3 is 2.60 bits per heavy atom. The molecule has 0 atom stereocenters. The fourth-order valence-corrected chi connectivity index (χ4v) is 1.34. The molecule has 0 radical (unpaired) electrons. The smallest absolute Gasteiger partial charge is 0.428 e. The van der Waals surface area contributed by atoms with Crippen LogP contribution in [0.15, 0.2) is 29.4 Å². The summed E-state index contributed by atoms with van der Waals surface area (Å²) in [4.78, 5) is 21.6. The Bertz CT molecular complexity index is 547. The van der Waals surface area contributed by atoms with Crippen molar-refractivity contribution in [2.24, 2.45) is 5.10 Å². The van der Waals surface area contributed by atoms with E-state index >= 15 is 0 Å². The topological polar surface area (TPSA) is 93.8 Å². The van der Waals surface area contributed by atoms with Gasteiger partial charge in [-0.2, -0.15) is 5.10 Å². The predicted octanol–water partition coefficient (Wildman–Crippen LogP) is 2.84. The maximum absolute atomic E-state index is 11.4. The zero-order chi connectivity index (χ0) is 15.3. The third-order valence-electron chi connectivity index (χ3n) is 2.19. The number of non-ortho nitro benzene ring substituents is 1. The van der Waals surface area contributed by atoms with E-state index in [9.17, 15) is 14.9 Å². The molecule has 0 aliphatic rings. The number of nitrogens with one attached hydrogen (secondary N) is 1. The van der Waals surface area contributed by atoms with Crippen LogP contribution in [0, 0.1) is 10.1 Å². The van der Waals surface area contributed by atoms with E-state index in [0.29, 0.717) is 11.3 Å². The molecule has 0 heterocycles. The lowest BCUT2D eigenvalue weighted by Gasteiger charge is -2.18. The summed E-state index contributed by atoms with van der Waals surface area (Å²) in [5.41, 5.74) is 2.59. The van der Waals surface area contributed by atoms with Crippen LogP contribution in [-0.2, 0) is 4.74 Å². The number of rotatable bonds is 3. The number of hydrazone groups is 1. The van der Waals surface area contributed by atoms with Gasteiger partial charge in [-0.1, -0.05) is 12.1 Å². The van der Waals surface area contributed by atoms with E-state index in [1.807, 2.05) is 0 Å². The van der Waals surface area contributed by atoms with E-state index in [1.165, 1.54) is 12.1 Å². The average molecular weight is 279 g/mol. The molecule has 0 fully saturated rings. The number of hydrogen-bond donors (Lipinski definition) is 1. The Morgan fingerprint density at radius 1 is 1.40 bits per heavy atom. The van der Waals surface area contributed by atoms with Crippen molar-refractivity contribution in [1.29, 1.82) is 0 Å². The minimum absolute atomic E-state index is 0.0330. The lowest BCUT2D eigenvalue weighted by Crippen LogP contribution is -2.30. The molecule has 0 spiro atoms. The number of nitrogens with zero attached hydrogens (tertiary/aromatic N) is 2. The first-order valence-electron chi connectivity index (χ1n) is 5.97. The van der Waals surface area contributed by atoms with Crippen LogP contribution in [0.3, 0.4) is 0 Å². The first-order chi connectivity index (χ1) is 9.19. The lowest BCUT2D eigenvalue weighted by atomic mass is 10.1. The van der Waals surface area contributed by atoms with Gasteiger partial charge in [0.25, 0.3) is 5.69 Å². The van der Waals surface area contributed by atoms with Crippen molar-refractivity contribution >= 4 is 17.5 Å². The summed E-state index contributed by atoms with van der Waals surface area (Å²) >= 11 is 0. The summed E-state index contributed by atoms with van der Waals surface area (Å²) in [5.74, 6) is 0. The third-order valence-corrected chi connectivity index (χ3v) is 2.19. The number of nitro groups is 1. The molecule has 0 saturated heterocycles. The molecule has 1 aromatic rings. The normalized spacial score (nSPS) is 11.9. The maximum atomic E-state index is 11.4. The highest BCUT2D eigenvalue weighted by Gasteiger charge is 2.15. The molecule has 20 heavy (non-hydrogen) atoms. The van der Waals surface area contributed by atoms with E-state index in [1.54, 1.807) is 39.8 Å². The fraction of sp³-hybridized carbons (Fsp3) is 0.385. The maximum Gasteiger partial charge on any atom is 0.428 e. The van der Waals surface area contributed by atoms with Gasteiger partial charge in [0.15, 0.2) is 0 Å². The van der Waals surface area contributed by atoms with Crippen molar-refractivity contribution < 1.29 is 14.5 Å². The summed E-state index contributed by atoms with van der Waals surface area (Å²) in [5, 5.41) is 14.5. The molecule has 0 aromatic heterocycles. The van der Waals surface area contributed by atoms with Crippen LogP contribution in [0.4, 0.5) is 10.5 Å². The van der Waals surface area contributed by atoms with Crippen LogP contribution in [-0.4, -0.2) is 22.3 Å². The van der Waals surface area contributed by atoms with Crippen molar-refractivity contribution in [2.75, 3.05) is 0 Å². The number of benzene rings is 1. The predicted molar refractivity (Wildman–Crippen MR) is 74.7 cm³/mol. The van der Waals surface area contributed by atoms with E-state index < -0.39 is 16.6 Å². The van der Waals surface area contributed by atoms with Gasteiger partial charge in [-0.05, 0) is 27.7 Å². The molecule has 1 amide bonds. The highest BCUT2D eigenvalue weighted by Crippen LogP contribution is 2.13. The van der Waals surface area contributed by atoms with Gasteiger partial charge in [-0.25, -0.2) is 10.2 Å². The summed E-state index contributed by atoms with van der Waals surface area (Å²) < 4.78 is 5.02. The second-order valence-corrected chi connectivity index (χ2v) is 5.12. The van der Waals surface area contributed by atoms with Crippen LogP contribution >= 0.6 is 0 Å². The van der Waals surface area contributed by atoms with Gasteiger partial charge in [0.1, 0.15) is 5.60 Å². The molecule has 108 valence electrons. The van der Waals surface area contributed by atoms with Gasteiger partial charge in [-0.15, -0.1) is 0 Å². The Morgan fingerprint density at radius 2 is 2.05 bits per heavy atom. The van der Waals surface area contributed by atoms with Crippen molar-refractivity contribution in [1.82, 2.24) is 5.43 Å². The molecule has 7 nitrogen and oxygen atoms in total. The minimum Gasteiger partial charge on any atom is -0.443 e. The molecule has 1 rings (SSSR count). The molecule has 0 unspecified atom stereocenters. The van der Waals surface area contributed by atoms with E-state index in [-0.39, 0.29) is 5.69 Å². The molecule has 0 aliphatic carbocycles. The Kier molecular flexibility index (Phi) is 4.79. The van der Waals surface area contributed by atoms with Gasteiger partial charge in [0, 0.05) is 17.7 Å². The van der Waals surface area contributed by atoms with Gasteiger partial charge < -0.3 is 4.74 Å². The average Bonchev–Trinajstić information content (AvgIpc) is 2.34. The van der Waals surface area contributed by atoms with Gasteiger partial charge in [0.2, 0.25) is 0 Å². The van der Waals surface area contributed by atoms with E-state index in [2.05, 4.69) is 10.5 Å². The van der Waals surface area contributed by atoms with Crippen molar-refractivity contribution in [3.63, 3.8) is 0 Å². The molecule has 0 saturated carbocycles. The molecular formula is C13H17N3O4. The number of ether oxygens (including phenoxy) is 1. The Balaban J connectivity index is 2.77. The second kappa shape index (κ2) is 6.14. The number of carbonyl (C=O) groups excluding carboxylic acids is 1. The molecule has 1 aromatic carbocycles. The number of hydrogen-bond acceptors (Lipinski definition) is 5. The first kappa shape index (κ1) is 15.6. The Labute approximate surface area is 116 Å². The number of nitro benzene ring substituents is 1. The largest absolute Gasteiger partial charge is 0.443 e. The van der Waals surface area contributed by atoms with Gasteiger partial charge in [-0.3, -0.25) is 10.1 Å². The molecule has 0 aliphatic heterocycles. The first-order valence-corrected chi connectivity index (χ1v) is 5.97. The lowest BCUT2D eigenvalue weighted by molar-refractivity contribution is -0.384. The highest BCUT2D eigenvalue weighted by molar-refractivity contribution is 5.99. The molecule has 1 N–H and O–H groups in total. The summed E-state index contributed by atoms with van der Waals surface area (Å²) in [6, 6.07) is 6.00. The highest BCUT2D eigenvalue weighted by atomic mass is 16.6. The van der Waals surface area contributed by atoms with Crippen molar-refractivity contribution in [3.8, 4) is 0 Å². The number of carbonyl (C=O) groups is 1. The minimum atomic E-state index is -0.678. The third kappa shape index (κ3) is 5.05. The summed E-state index contributed by atoms with van der Waals surface area (Å²) in [7, 11) is 0. The van der Waals surface area contributed by atoms with Crippen LogP contribution in [0.25, 0.3) is 0 Å². The van der Waals surface area contributed by atoms with E-state index in [4.69, 9.17) is 4.74 Å². The zero-order valence-electron chi connectivity index (χ0n) is 11.8. The van der Waals surface area contributed by atoms with Crippen molar-refractivity contribution in [3.05, 3.63) is 39.9 Å².